The van der Waals surface area contributed by atoms with Gasteiger partial charge in [0, 0.05) is 48.9 Å². The lowest BCUT2D eigenvalue weighted by Gasteiger charge is -2.30. The van der Waals surface area contributed by atoms with Gasteiger partial charge in [0.15, 0.2) is 5.16 Å². The van der Waals surface area contributed by atoms with Gasteiger partial charge in [-0.2, -0.15) is 18.2 Å². The predicted octanol–water partition coefficient (Wildman–Crippen LogP) is 7.44. The summed E-state index contributed by atoms with van der Waals surface area (Å²) in [5.74, 6) is -5.32. The molecule has 4 unspecified atom stereocenters. The molecule has 2 aromatic rings. The van der Waals surface area contributed by atoms with Crippen LogP contribution >= 0.6 is 11.8 Å². The zero-order chi connectivity index (χ0) is 49.4. The minimum Gasteiger partial charge on any atom is -0.336 e. The highest BCUT2D eigenvalue weighted by Gasteiger charge is 2.38. The van der Waals surface area contributed by atoms with Crippen LogP contribution in [0, 0.1) is 11.7 Å². The van der Waals surface area contributed by atoms with Crippen molar-refractivity contribution in [2.24, 2.45) is 5.92 Å². The van der Waals surface area contributed by atoms with Crippen molar-refractivity contribution >= 4 is 17.7 Å². The van der Waals surface area contributed by atoms with Crippen LogP contribution in [0.4, 0.5) is 17.6 Å². The number of benzene rings is 1. The fraction of sp³-hybridized carbons (Fsp3) is 0.486. The monoisotopic (exact) mass is 701 g/mol. The summed E-state index contributed by atoms with van der Waals surface area (Å²) in [5, 5.41) is -0.329. The Bertz CT molecular complexity index is 2460. The van der Waals surface area contributed by atoms with E-state index in [1.165, 1.54) is 13.8 Å². The van der Waals surface area contributed by atoms with Gasteiger partial charge in [0.1, 0.15) is 12.4 Å². The number of rotatable bonds is 13. The van der Waals surface area contributed by atoms with E-state index in [1.807, 2.05) is 0 Å². The number of halogens is 4. The van der Waals surface area contributed by atoms with Gasteiger partial charge in [-0.15, -0.1) is 0 Å². The lowest BCUT2D eigenvalue weighted by atomic mass is 9.82. The molecule has 1 heterocycles. The Kier molecular flexibility index (Phi) is 6.49. The molecule has 1 aromatic carbocycles. The van der Waals surface area contributed by atoms with Crippen LogP contribution in [0.25, 0.3) is 0 Å². The summed E-state index contributed by atoms with van der Waals surface area (Å²) in [6, 6.07) is -8.52. The van der Waals surface area contributed by atoms with E-state index in [-0.39, 0.29) is 52.8 Å². The van der Waals surface area contributed by atoms with Gasteiger partial charge in [0.05, 0.1) is 16.4 Å². The second-order valence-corrected chi connectivity index (χ2v) is 11.8. The van der Waals surface area contributed by atoms with Crippen LogP contribution in [-0.4, -0.2) is 64.0 Å². The molecule has 3 aliphatic carbocycles. The summed E-state index contributed by atoms with van der Waals surface area (Å²) in [6.45, 7) is -8.56. The molecular formula is C37H44F4N4O2S. The lowest BCUT2D eigenvalue weighted by molar-refractivity contribution is -0.131. The van der Waals surface area contributed by atoms with Gasteiger partial charge < -0.3 is 14.4 Å². The highest BCUT2D eigenvalue weighted by molar-refractivity contribution is 7.98. The molecule has 11 heteroatoms. The summed E-state index contributed by atoms with van der Waals surface area (Å²) in [4.78, 5) is 32.9. The molecule has 3 aliphatic rings. The maximum atomic E-state index is 14.9. The molecule has 4 atom stereocenters. The van der Waals surface area contributed by atoms with Gasteiger partial charge in [-0.25, -0.2) is 4.39 Å². The number of fused-ring (bicyclic) bond motifs is 1. The van der Waals surface area contributed by atoms with Gasteiger partial charge >= 0.3 is 6.18 Å². The summed E-state index contributed by atoms with van der Waals surface area (Å²) in [7, 11) is 0. The Hall–Kier alpha value is -3.44. The molecule has 0 saturated carbocycles. The van der Waals surface area contributed by atoms with Crippen molar-refractivity contribution in [3.05, 3.63) is 104 Å². The van der Waals surface area contributed by atoms with E-state index in [0.29, 0.717) is 18.2 Å². The highest BCUT2D eigenvalue weighted by atomic mass is 32.2. The molecule has 0 radical (unpaired) electrons. The summed E-state index contributed by atoms with van der Waals surface area (Å²) in [6.07, 6.45) is -11.3. The Labute approximate surface area is 308 Å². The van der Waals surface area contributed by atoms with Gasteiger partial charge in [0.25, 0.3) is 5.56 Å². The van der Waals surface area contributed by atoms with E-state index >= 15 is 0 Å². The second-order valence-electron chi connectivity index (χ2n) is 10.8. The minimum absolute atomic E-state index is 0.113. The number of amides is 1. The summed E-state index contributed by atoms with van der Waals surface area (Å²) < 4.78 is 206. The van der Waals surface area contributed by atoms with Crippen molar-refractivity contribution in [2.75, 3.05) is 32.6 Å². The Morgan fingerprint density at radius 2 is 1.81 bits per heavy atom. The molecule has 0 N–H and O–H groups in total. The number of likely N-dealkylation sites (N-methyl/N-ethyl adjacent to an activating group) is 1. The number of nitrogens with zero attached hydrogens (tertiary/aromatic N) is 4. The molecule has 1 aromatic heterocycles. The van der Waals surface area contributed by atoms with Crippen molar-refractivity contribution in [1.29, 1.82) is 0 Å². The molecule has 258 valence electrons. The number of carbonyl (C=O) groups excluding carboxylic acids is 1. The Morgan fingerprint density at radius 3 is 2.52 bits per heavy atom. The molecule has 0 saturated heterocycles. The van der Waals surface area contributed by atoms with Crippen LogP contribution in [-0.2, 0) is 29.9 Å². The third-order valence-electron chi connectivity index (χ3n) is 7.60. The molecule has 48 heavy (non-hydrogen) atoms. The van der Waals surface area contributed by atoms with Gasteiger partial charge in [-0.3, -0.25) is 9.59 Å². The molecule has 0 aliphatic heterocycles. The number of allylic oxidation sites excluding steroid dienone is 7. The smallest absolute Gasteiger partial charge is 0.336 e. The maximum absolute atomic E-state index is 14.9. The van der Waals surface area contributed by atoms with E-state index in [4.69, 9.17) is 17.8 Å². The Morgan fingerprint density at radius 1 is 1.08 bits per heavy atom. The van der Waals surface area contributed by atoms with Crippen LogP contribution in [0.2, 0.25) is 0 Å². The van der Waals surface area contributed by atoms with Gasteiger partial charge in [-0.05, 0) is 86.3 Å². The largest absolute Gasteiger partial charge is 0.412 e. The number of hydrogen-bond acceptors (Lipinski definition) is 5. The molecular weight excluding hydrogens is 640 g/mol. The molecule has 6 nitrogen and oxygen atoms in total. The number of thioether (sulfide) groups is 1. The minimum atomic E-state index is -5.14. The van der Waals surface area contributed by atoms with E-state index in [2.05, 4.69) is 4.98 Å². The van der Waals surface area contributed by atoms with Crippen molar-refractivity contribution < 1.29 is 45.7 Å². The first kappa shape index (κ1) is 19.7. The highest BCUT2D eigenvalue weighted by Crippen LogP contribution is 2.40. The van der Waals surface area contributed by atoms with E-state index in [0.717, 1.165) is 16.4 Å². The normalized spacial score (nSPS) is 29.3. The number of alkyl halides is 3. The van der Waals surface area contributed by atoms with E-state index in [9.17, 15) is 32.6 Å². The number of carbonyl (C=O) groups is 1. The fourth-order valence-corrected chi connectivity index (χ4v) is 5.99. The van der Waals surface area contributed by atoms with E-state index in [1.54, 1.807) is 0 Å². The van der Waals surface area contributed by atoms with Crippen LogP contribution < -0.4 is 5.56 Å². The number of hydrogen-bond donors (Lipinski definition) is 0. The van der Waals surface area contributed by atoms with Crippen LogP contribution in [0.15, 0.2) is 80.6 Å². The first-order valence-electron chi connectivity index (χ1n) is 23.9. The summed E-state index contributed by atoms with van der Waals surface area (Å²) in [5.41, 5.74) is -5.12. The standard InChI is InChI=1S/C37H44F4N4O2S/c1-4-43(5-2)19-20-44(22-26-9-13-28(14-10-26)29-15-18-32(25(3)21-29)37(39,40)41)34(46)23-45-33-8-6-7-31(33)35(47)42-36(45)48-24-27-11-16-30(38)17-12-27/h9,11-13,15-18,25H,4-8,10,14,19-24H2,1-3H3/i9D,10D,11D,12D,13D,14D,15D,16D,17D,18D,19D2,20D2,21D,22D2. The number of aromatic nitrogens is 2. The second kappa shape index (κ2) is 15.8. The summed E-state index contributed by atoms with van der Waals surface area (Å²) >= 11 is 0.607. The lowest BCUT2D eigenvalue weighted by Crippen LogP contribution is -2.42. The van der Waals surface area contributed by atoms with Gasteiger partial charge in [-0.1, -0.05) is 74.4 Å². The fourth-order valence-electron chi connectivity index (χ4n) is 5.09. The van der Waals surface area contributed by atoms with Crippen molar-refractivity contribution in [3.8, 4) is 0 Å². The van der Waals surface area contributed by atoms with E-state index < -0.39 is 151 Å². The zero-order valence-corrected chi connectivity index (χ0v) is 27.1. The zero-order valence-electron chi connectivity index (χ0n) is 43.3. The maximum Gasteiger partial charge on any atom is 0.412 e. The Balaban J connectivity index is 1.73. The topological polar surface area (TPSA) is 58.4 Å². The van der Waals surface area contributed by atoms with Crippen LogP contribution in [0.3, 0.4) is 0 Å². The van der Waals surface area contributed by atoms with Crippen LogP contribution in [0.1, 0.15) is 86.5 Å². The van der Waals surface area contributed by atoms with Crippen LogP contribution in [0.5, 0.6) is 0 Å². The first-order chi connectivity index (χ1) is 29.9. The third-order valence-corrected chi connectivity index (χ3v) is 8.60. The first-order valence-corrected chi connectivity index (χ1v) is 16.1. The molecule has 5 rings (SSSR count). The average molecular weight is 702 g/mol. The van der Waals surface area contributed by atoms with Crippen molar-refractivity contribution in [2.45, 2.75) is 82.9 Å². The average Bonchev–Trinajstić information content (AvgIpc) is 3.71. The van der Waals surface area contributed by atoms with Gasteiger partial charge in [0.2, 0.25) is 5.91 Å². The predicted molar refractivity (Wildman–Crippen MR) is 182 cm³/mol. The molecule has 0 spiro atoms. The van der Waals surface area contributed by atoms with Crippen molar-refractivity contribution in [3.63, 3.8) is 0 Å². The third kappa shape index (κ3) is 8.77. The molecule has 0 bridgehead atoms. The van der Waals surface area contributed by atoms with Crippen molar-refractivity contribution in [1.82, 2.24) is 19.4 Å². The molecule has 1 amide bonds. The SMILES string of the molecule is [2H]C1=C(C2=C([2H])C([2H])=C(C(F)(F)F)C(C)C2[2H])C([2H])C([2H])C(C([2H])([2H])N(C(=O)Cn2c(SCc3c([2H])c([2H])c(F)c([2H])c3[2H])nc(=O)c3c2CCC3)C([2H])([2H])C([2H])([2H])N(CC)CC)=C1[2H]. The molecule has 0 fully saturated rings. The quantitative estimate of drug-likeness (QED) is 0.124.